The molecule has 241 valence electrons. The first-order valence-electron chi connectivity index (χ1n) is 17.3. The van der Waals surface area contributed by atoms with Gasteiger partial charge in [-0.2, -0.15) is 0 Å². The minimum atomic E-state index is -2.09. The maximum atomic E-state index is 7.23. The van der Waals surface area contributed by atoms with Gasteiger partial charge in [0.05, 0.1) is 22.4 Å². The number of nitrogens with zero attached hydrogens (tertiary/aromatic N) is 5. The summed E-state index contributed by atoms with van der Waals surface area (Å²) in [6.45, 7) is -2.09. The van der Waals surface area contributed by atoms with Gasteiger partial charge in [0.2, 0.25) is 0 Å². The number of pyridine rings is 1. The second kappa shape index (κ2) is 13.1. The van der Waals surface area contributed by atoms with Crippen molar-refractivity contribution in [2.24, 2.45) is 0 Å². The molecule has 0 bridgehead atoms. The van der Waals surface area contributed by atoms with Crippen LogP contribution in [0.3, 0.4) is 0 Å². The molecule has 1 radical (unpaired) electrons. The smallest absolute Gasteiger partial charge is 0.191 e. The Balaban J connectivity index is 0.000000199. The number of benzene rings is 6. The Hall–Kier alpha value is -6.01. The van der Waals surface area contributed by atoms with E-state index in [1.807, 2.05) is 72.8 Å². The van der Waals surface area contributed by atoms with Crippen LogP contribution in [-0.2, 0) is 20.1 Å². The van der Waals surface area contributed by atoms with E-state index < -0.39 is 6.85 Å². The molecule has 0 saturated heterocycles. The van der Waals surface area contributed by atoms with Crippen LogP contribution in [0.4, 0.5) is 0 Å². The fraction of sp³-hybridized carbons (Fsp3) is 0.0233. The first-order valence-corrected chi connectivity index (χ1v) is 15.8. The molecule has 6 nitrogen and oxygen atoms in total. The molecule has 0 aliphatic rings. The Morgan fingerprint density at radius 2 is 1.46 bits per heavy atom. The fourth-order valence-electron chi connectivity index (χ4n) is 6.32. The van der Waals surface area contributed by atoms with Crippen LogP contribution in [0.5, 0.6) is 0 Å². The van der Waals surface area contributed by atoms with Crippen molar-refractivity contribution in [1.82, 2.24) is 24.7 Å². The van der Waals surface area contributed by atoms with Crippen molar-refractivity contribution in [3.63, 3.8) is 0 Å². The number of rotatable bonds is 3. The number of fused-ring (bicyclic) bond motifs is 8. The summed E-state index contributed by atoms with van der Waals surface area (Å²) in [4.78, 5) is 9.11. The number of aromatic nitrogens is 5. The van der Waals surface area contributed by atoms with E-state index in [2.05, 4.69) is 80.4 Å². The zero-order valence-corrected chi connectivity index (χ0v) is 28.7. The van der Waals surface area contributed by atoms with Crippen molar-refractivity contribution in [2.75, 3.05) is 0 Å². The molecule has 4 heterocycles. The second-order valence-corrected chi connectivity index (χ2v) is 11.6. The molecule has 0 unspecified atom stereocenters. The molecular weight excluding hydrogens is 795 g/mol. The van der Waals surface area contributed by atoms with Crippen LogP contribution in [0.25, 0.3) is 83.1 Å². The molecule has 0 aliphatic heterocycles. The normalized spacial score (nSPS) is 12.3. The Bertz CT molecular complexity index is 2890. The number of imidazole rings is 1. The van der Waals surface area contributed by atoms with E-state index >= 15 is 0 Å². The average Bonchev–Trinajstić information content (AvgIpc) is 3.78. The van der Waals surface area contributed by atoms with Gasteiger partial charge in [0.15, 0.2) is 5.65 Å². The van der Waals surface area contributed by atoms with E-state index in [9.17, 15) is 0 Å². The molecule has 0 amide bonds. The molecule has 0 fully saturated rings. The molecule has 6 aromatic carbocycles. The summed E-state index contributed by atoms with van der Waals surface area (Å²) in [6.07, 6.45) is 1.39. The summed E-state index contributed by atoms with van der Waals surface area (Å²) < 4.78 is 30.4. The van der Waals surface area contributed by atoms with Crippen LogP contribution in [-0.4, -0.2) is 24.7 Å². The first kappa shape index (κ1) is 27.9. The van der Waals surface area contributed by atoms with E-state index in [4.69, 9.17) is 13.5 Å². The minimum absolute atomic E-state index is 0. The molecule has 10 aromatic rings. The summed E-state index contributed by atoms with van der Waals surface area (Å²) in [6, 6.07) is 52.0. The van der Waals surface area contributed by atoms with Crippen molar-refractivity contribution < 1.29 is 28.6 Å². The Morgan fingerprint density at radius 3 is 2.28 bits per heavy atom. The van der Waals surface area contributed by atoms with Gasteiger partial charge in [-0.3, -0.25) is 4.98 Å². The number of hydrogen-bond acceptors (Lipinski definition) is 5. The van der Waals surface area contributed by atoms with Crippen molar-refractivity contribution in [3.05, 3.63) is 163 Å². The standard InChI is InChI=1S/C31H17N4O.C12H10N.Ir/c1-2-10-20(11-3-1)35-27-24-13-6-7-16-26(24)33-34-30(27)32-31(35)25-15-8-14-22-23-18-17-19-9-4-5-12-21(19)28(23)36-29(22)25;1-10-7-8-12(13-9-10)11-5-3-2-4-6-11;/h1-14,16-18H;2-5,7-9H,1H3;/q2*-1;/i;1D3;. The molecule has 0 atom stereocenters. The van der Waals surface area contributed by atoms with Gasteiger partial charge in [-0.25, -0.2) is 0 Å². The van der Waals surface area contributed by atoms with Crippen LogP contribution < -0.4 is 0 Å². The molecule has 4 aromatic heterocycles. The first-order chi connectivity index (χ1) is 25.4. The molecule has 0 saturated carbocycles. The van der Waals surface area contributed by atoms with Gasteiger partial charge in [-0.1, -0.05) is 95.9 Å². The molecule has 0 N–H and O–H groups in total. The zero-order valence-electron chi connectivity index (χ0n) is 29.3. The van der Waals surface area contributed by atoms with Crippen LogP contribution in [0.15, 0.2) is 150 Å². The van der Waals surface area contributed by atoms with E-state index in [1.54, 1.807) is 18.2 Å². The summed E-state index contributed by atoms with van der Waals surface area (Å²) in [7, 11) is 0. The van der Waals surface area contributed by atoms with Crippen LogP contribution in [0.1, 0.15) is 9.68 Å². The minimum Gasteiger partial charge on any atom is -0.500 e. The number of aryl methyl sites for hydroxylation is 1. The van der Waals surface area contributed by atoms with Crippen molar-refractivity contribution in [2.45, 2.75) is 6.85 Å². The number of para-hydroxylation sites is 1. The van der Waals surface area contributed by atoms with E-state index in [1.165, 1.54) is 6.20 Å². The monoisotopic (exact) mass is 825 g/mol. The second-order valence-electron chi connectivity index (χ2n) is 11.6. The van der Waals surface area contributed by atoms with Crippen molar-refractivity contribution in [3.8, 4) is 28.3 Å². The van der Waals surface area contributed by atoms with Crippen molar-refractivity contribution >= 4 is 54.8 Å². The van der Waals surface area contributed by atoms with Gasteiger partial charge in [0.1, 0.15) is 5.58 Å². The Morgan fingerprint density at radius 1 is 0.660 bits per heavy atom. The van der Waals surface area contributed by atoms with Crippen LogP contribution >= 0.6 is 0 Å². The van der Waals surface area contributed by atoms with Gasteiger partial charge in [0, 0.05) is 52.3 Å². The Labute approximate surface area is 305 Å². The average molecular weight is 825 g/mol. The molecule has 7 heteroatoms. The SMILES string of the molecule is [2H]C([2H])([2H])c1ccc(-c2[c-]cccc2)nc1.[Ir].[c-]1ccc2c(oc3c4ccccc4ccc23)c1-c1nc2nnc3ccccc3c2n1-c1ccccc1. The third-order valence-electron chi connectivity index (χ3n) is 8.58. The van der Waals surface area contributed by atoms with Gasteiger partial charge in [-0.05, 0) is 41.7 Å². The van der Waals surface area contributed by atoms with E-state index in [-0.39, 0.29) is 25.7 Å². The topological polar surface area (TPSA) is 69.6 Å². The third kappa shape index (κ3) is 5.43. The molecule has 0 spiro atoms. The summed E-state index contributed by atoms with van der Waals surface area (Å²) in [5.41, 5.74) is 7.57. The predicted octanol–water partition coefficient (Wildman–Crippen LogP) is 10.3. The van der Waals surface area contributed by atoms with Crippen LogP contribution in [0, 0.1) is 19.0 Å². The largest absolute Gasteiger partial charge is 0.500 e. The maximum absolute atomic E-state index is 7.23. The number of hydrogen-bond donors (Lipinski definition) is 0. The maximum Gasteiger partial charge on any atom is 0.191 e. The van der Waals surface area contributed by atoms with Crippen molar-refractivity contribution in [1.29, 1.82) is 0 Å². The molecule has 0 aliphatic carbocycles. The van der Waals surface area contributed by atoms with Crippen LogP contribution in [0.2, 0.25) is 0 Å². The summed E-state index contributed by atoms with van der Waals surface area (Å²) >= 11 is 0. The quantitative estimate of drug-likeness (QED) is 0.166. The fourth-order valence-corrected chi connectivity index (χ4v) is 6.32. The predicted molar refractivity (Wildman–Crippen MR) is 196 cm³/mol. The summed E-state index contributed by atoms with van der Waals surface area (Å²) in [5.74, 6) is 0.718. The molecule has 10 rings (SSSR count). The van der Waals surface area contributed by atoms with Gasteiger partial charge in [0.25, 0.3) is 0 Å². The van der Waals surface area contributed by atoms with Gasteiger partial charge >= 0.3 is 0 Å². The molecule has 50 heavy (non-hydrogen) atoms. The summed E-state index contributed by atoms with van der Waals surface area (Å²) in [5, 5.41) is 14.2. The number of furan rings is 1. The van der Waals surface area contributed by atoms with E-state index in [0.29, 0.717) is 5.65 Å². The third-order valence-corrected chi connectivity index (χ3v) is 8.58. The van der Waals surface area contributed by atoms with E-state index in [0.717, 1.165) is 77.5 Å². The molecular formula is C43H27IrN5O-2. The zero-order chi connectivity index (χ0) is 35.2. The van der Waals surface area contributed by atoms with Gasteiger partial charge < -0.3 is 14.0 Å². The Kier molecular flexibility index (Phi) is 7.32. The van der Waals surface area contributed by atoms with Gasteiger partial charge in [-0.15, -0.1) is 64.3 Å².